The van der Waals surface area contributed by atoms with Gasteiger partial charge in [-0.1, -0.05) is 6.42 Å². The van der Waals surface area contributed by atoms with E-state index >= 15 is 0 Å². The van der Waals surface area contributed by atoms with Crippen molar-refractivity contribution in [2.75, 3.05) is 36.5 Å². The van der Waals surface area contributed by atoms with E-state index in [2.05, 4.69) is 10.3 Å². The van der Waals surface area contributed by atoms with Crippen molar-refractivity contribution in [3.05, 3.63) is 23.9 Å². The van der Waals surface area contributed by atoms with Crippen LogP contribution >= 0.6 is 0 Å². The SMILES string of the molecule is O=C(c1ccc(NCC2CC3CCC2C3)nc1)N1CCS(=O)(=O)CC1. The summed E-state index contributed by atoms with van der Waals surface area (Å²) in [6, 6.07) is 3.63. The first-order chi connectivity index (χ1) is 12.0. The quantitative estimate of drug-likeness (QED) is 0.882. The van der Waals surface area contributed by atoms with Crippen LogP contribution in [0.25, 0.3) is 0 Å². The number of rotatable bonds is 4. The third-order valence-electron chi connectivity index (χ3n) is 6.07. The summed E-state index contributed by atoms with van der Waals surface area (Å²) in [6.45, 7) is 1.50. The molecule has 3 atom stereocenters. The minimum atomic E-state index is -2.98. The summed E-state index contributed by atoms with van der Waals surface area (Å²) < 4.78 is 22.9. The molecule has 2 saturated carbocycles. The lowest BCUT2D eigenvalue weighted by molar-refractivity contribution is 0.0770. The summed E-state index contributed by atoms with van der Waals surface area (Å²) in [5, 5.41) is 3.41. The first kappa shape index (κ1) is 16.8. The highest BCUT2D eigenvalue weighted by Gasteiger charge is 2.39. The molecule has 0 spiro atoms. The van der Waals surface area contributed by atoms with E-state index in [-0.39, 0.29) is 30.5 Å². The Morgan fingerprint density at radius 2 is 2.00 bits per heavy atom. The molecular weight excluding hydrogens is 338 g/mol. The molecule has 1 amide bonds. The van der Waals surface area contributed by atoms with E-state index < -0.39 is 9.84 Å². The fourth-order valence-corrected chi connectivity index (χ4v) is 5.79. The first-order valence-electron chi connectivity index (χ1n) is 9.20. The van der Waals surface area contributed by atoms with Crippen LogP contribution in [0.15, 0.2) is 18.3 Å². The lowest BCUT2D eigenvalue weighted by Crippen LogP contribution is -2.43. The minimum Gasteiger partial charge on any atom is -0.370 e. The van der Waals surface area contributed by atoms with E-state index in [0.717, 1.165) is 30.1 Å². The zero-order valence-electron chi connectivity index (χ0n) is 14.4. The maximum Gasteiger partial charge on any atom is 0.255 e. The third kappa shape index (κ3) is 3.66. The van der Waals surface area contributed by atoms with E-state index in [9.17, 15) is 13.2 Å². The summed E-state index contributed by atoms with van der Waals surface area (Å²) in [4.78, 5) is 18.4. The summed E-state index contributed by atoms with van der Waals surface area (Å²) in [5.41, 5.74) is 0.518. The Morgan fingerprint density at radius 1 is 1.20 bits per heavy atom. The van der Waals surface area contributed by atoms with Gasteiger partial charge in [-0.05, 0) is 49.1 Å². The topological polar surface area (TPSA) is 79.4 Å². The van der Waals surface area contributed by atoms with Crippen LogP contribution in [-0.4, -0.2) is 55.3 Å². The maximum atomic E-state index is 12.4. The van der Waals surface area contributed by atoms with E-state index in [4.69, 9.17) is 0 Å². The van der Waals surface area contributed by atoms with Crippen molar-refractivity contribution < 1.29 is 13.2 Å². The molecule has 0 aromatic carbocycles. The number of nitrogens with zero attached hydrogens (tertiary/aromatic N) is 2. The van der Waals surface area contributed by atoms with Crippen LogP contribution in [0.4, 0.5) is 5.82 Å². The van der Waals surface area contributed by atoms with Crippen LogP contribution in [0, 0.1) is 17.8 Å². The Labute approximate surface area is 148 Å². The molecule has 3 aliphatic rings. The van der Waals surface area contributed by atoms with Gasteiger partial charge in [0.05, 0.1) is 17.1 Å². The number of carbonyl (C=O) groups excluding carboxylic acids is 1. The Morgan fingerprint density at radius 3 is 2.60 bits per heavy atom. The second-order valence-corrected chi connectivity index (χ2v) is 10.00. The molecule has 0 radical (unpaired) electrons. The van der Waals surface area contributed by atoms with Gasteiger partial charge in [-0.2, -0.15) is 0 Å². The van der Waals surface area contributed by atoms with E-state index in [1.54, 1.807) is 17.2 Å². The molecular formula is C18H25N3O3S. The lowest BCUT2D eigenvalue weighted by Gasteiger charge is -2.26. The van der Waals surface area contributed by atoms with Gasteiger partial charge in [0.15, 0.2) is 9.84 Å². The highest BCUT2D eigenvalue weighted by molar-refractivity contribution is 7.91. The molecule has 136 valence electrons. The van der Waals surface area contributed by atoms with E-state index in [0.29, 0.717) is 5.56 Å². The zero-order valence-corrected chi connectivity index (χ0v) is 15.2. The van der Waals surface area contributed by atoms with Crippen molar-refractivity contribution in [3.63, 3.8) is 0 Å². The Kier molecular flexibility index (Phi) is 4.43. The number of nitrogens with one attached hydrogen (secondary N) is 1. The fourth-order valence-electron chi connectivity index (χ4n) is 4.59. The average Bonchev–Trinajstić information content (AvgIpc) is 3.23. The number of aromatic nitrogens is 1. The van der Waals surface area contributed by atoms with Crippen molar-refractivity contribution in [1.82, 2.24) is 9.88 Å². The lowest BCUT2D eigenvalue weighted by atomic mass is 9.89. The van der Waals surface area contributed by atoms with Gasteiger partial charge in [0.2, 0.25) is 0 Å². The van der Waals surface area contributed by atoms with Gasteiger partial charge >= 0.3 is 0 Å². The molecule has 6 nitrogen and oxygen atoms in total. The van der Waals surface area contributed by atoms with Gasteiger partial charge in [-0.25, -0.2) is 13.4 Å². The molecule has 2 bridgehead atoms. The number of fused-ring (bicyclic) bond motifs is 2. The highest BCUT2D eigenvalue weighted by Crippen LogP contribution is 2.48. The molecule has 4 rings (SSSR count). The molecule has 1 aromatic rings. The average molecular weight is 363 g/mol. The molecule has 2 heterocycles. The predicted octanol–water partition coefficient (Wildman–Crippen LogP) is 1.80. The summed E-state index contributed by atoms with van der Waals surface area (Å²) in [6.07, 6.45) is 7.12. The summed E-state index contributed by atoms with van der Waals surface area (Å²) >= 11 is 0. The molecule has 25 heavy (non-hydrogen) atoms. The summed E-state index contributed by atoms with van der Waals surface area (Å²) in [5.74, 6) is 3.36. The fraction of sp³-hybridized carbons (Fsp3) is 0.667. The van der Waals surface area contributed by atoms with Gasteiger partial charge in [0, 0.05) is 25.8 Å². The van der Waals surface area contributed by atoms with E-state index in [1.807, 2.05) is 6.07 Å². The monoisotopic (exact) mass is 363 g/mol. The molecule has 3 fully saturated rings. The Balaban J connectivity index is 1.31. The van der Waals surface area contributed by atoms with Crippen molar-refractivity contribution in [1.29, 1.82) is 0 Å². The normalized spacial score (nSPS) is 30.4. The van der Waals surface area contributed by atoms with Gasteiger partial charge in [-0.3, -0.25) is 4.79 Å². The van der Waals surface area contributed by atoms with Crippen molar-refractivity contribution in [2.24, 2.45) is 17.8 Å². The van der Waals surface area contributed by atoms with Gasteiger partial charge in [-0.15, -0.1) is 0 Å². The van der Waals surface area contributed by atoms with Crippen molar-refractivity contribution in [3.8, 4) is 0 Å². The Hall–Kier alpha value is -1.63. The molecule has 3 unspecified atom stereocenters. The summed E-state index contributed by atoms with van der Waals surface area (Å²) in [7, 11) is -2.98. The smallest absolute Gasteiger partial charge is 0.255 e. The predicted molar refractivity (Wildman–Crippen MR) is 96.2 cm³/mol. The number of hydrogen-bond donors (Lipinski definition) is 1. The van der Waals surface area contributed by atoms with Crippen LogP contribution in [0.1, 0.15) is 36.0 Å². The Bertz CT molecular complexity index is 733. The van der Waals surface area contributed by atoms with Gasteiger partial charge in [0.1, 0.15) is 5.82 Å². The van der Waals surface area contributed by atoms with Crippen LogP contribution < -0.4 is 5.32 Å². The number of pyridine rings is 1. The van der Waals surface area contributed by atoms with E-state index in [1.165, 1.54) is 25.7 Å². The number of carbonyl (C=O) groups is 1. The zero-order chi connectivity index (χ0) is 17.4. The number of hydrogen-bond acceptors (Lipinski definition) is 5. The highest BCUT2D eigenvalue weighted by atomic mass is 32.2. The second kappa shape index (κ2) is 6.59. The largest absolute Gasteiger partial charge is 0.370 e. The first-order valence-corrected chi connectivity index (χ1v) is 11.0. The van der Waals surface area contributed by atoms with Gasteiger partial charge in [0.25, 0.3) is 5.91 Å². The molecule has 7 heteroatoms. The molecule has 1 aliphatic heterocycles. The third-order valence-corrected chi connectivity index (χ3v) is 7.68. The van der Waals surface area contributed by atoms with Crippen LogP contribution in [0.5, 0.6) is 0 Å². The van der Waals surface area contributed by atoms with Crippen LogP contribution in [0.3, 0.4) is 0 Å². The van der Waals surface area contributed by atoms with Crippen molar-refractivity contribution >= 4 is 21.6 Å². The molecule has 1 saturated heterocycles. The van der Waals surface area contributed by atoms with Gasteiger partial charge < -0.3 is 10.2 Å². The molecule has 1 aromatic heterocycles. The van der Waals surface area contributed by atoms with Crippen molar-refractivity contribution in [2.45, 2.75) is 25.7 Å². The minimum absolute atomic E-state index is 0.0509. The number of sulfone groups is 1. The van der Waals surface area contributed by atoms with Crippen LogP contribution in [0.2, 0.25) is 0 Å². The van der Waals surface area contributed by atoms with Crippen LogP contribution in [-0.2, 0) is 9.84 Å². The number of anilines is 1. The standard InChI is InChI=1S/C18H25N3O3S/c22-18(21-5-7-25(23,24)8-6-21)15-3-4-17(19-11-15)20-12-16-10-13-1-2-14(16)9-13/h3-4,11,13-14,16H,1-2,5-10,12H2,(H,19,20). The maximum absolute atomic E-state index is 12.4. The molecule has 2 aliphatic carbocycles. The second-order valence-electron chi connectivity index (χ2n) is 7.69. The molecule has 1 N–H and O–H groups in total. The number of amides is 1.